The van der Waals surface area contributed by atoms with Crippen molar-refractivity contribution in [2.45, 2.75) is 57.7 Å². The number of benzene rings is 1. The second-order valence-corrected chi connectivity index (χ2v) is 9.98. The van der Waals surface area contributed by atoms with E-state index in [1.54, 1.807) is 22.5 Å². The van der Waals surface area contributed by atoms with E-state index in [9.17, 15) is 0 Å². The molecule has 162 valence electrons. The summed E-state index contributed by atoms with van der Waals surface area (Å²) in [6.07, 6.45) is 3.53. The molecule has 8 heteroatoms. The fourth-order valence-electron chi connectivity index (χ4n) is 4.56. The highest BCUT2D eigenvalue weighted by atomic mass is 32.1. The van der Waals surface area contributed by atoms with Crippen molar-refractivity contribution in [2.75, 3.05) is 5.01 Å². The van der Waals surface area contributed by atoms with Gasteiger partial charge in [-0.2, -0.15) is 5.10 Å². The van der Waals surface area contributed by atoms with Gasteiger partial charge in [-0.25, -0.2) is 9.99 Å². The Kier molecular flexibility index (Phi) is 5.53. The molecule has 1 fully saturated rings. The topological polar surface area (TPSA) is 75.5 Å². The molecule has 0 aliphatic carbocycles. The second-order valence-electron chi connectivity index (χ2n) is 9.13. The van der Waals surface area contributed by atoms with Gasteiger partial charge in [-0.15, -0.1) is 21.5 Å². The van der Waals surface area contributed by atoms with E-state index >= 15 is 0 Å². The normalized spacial score (nSPS) is 17.9. The molecular formula is C23H28N6OS. The number of anilines is 1. The zero-order valence-electron chi connectivity index (χ0n) is 18.4. The lowest BCUT2D eigenvalue weighted by molar-refractivity contribution is 0.0524. The van der Waals surface area contributed by atoms with Gasteiger partial charge < -0.3 is 10.1 Å². The van der Waals surface area contributed by atoms with Gasteiger partial charge in [-0.3, -0.25) is 0 Å². The third-order valence-corrected chi connectivity index (χ3v) is 6.25. The third kappa shape index (κ3) is 4.45. The van der Waals surface area contributed by atoms with Gasteiger partial charge in [-0.1, -0.05) is 6.58 Å². The van der Waals surface area contributed by atoms with Crippen LogP contribution in [0.3, 0.4) is 0 Å². The average molecular weight is 437 g/mol. The van der Waals surface area contributed by atoms with Gasteiger partial charge in [0.1, 0.15) is 11.6 Å². The molecule has 1 aliphatic heterocycles. The molecular weight excluding hydrogens is 408 g/mol. The number of ether oxygens (including phenoxy) is 1. The molecule has 1 saturated heterocycles. The molecule has 4 rings (SSSR count). The second kappa shape index (κ2) is 8.01. The SMILES string of the molecule is C=CN(N=C)c1ccc(-c2ccc(OC3CC(C)(C)NC(C)(C)C3)nn2)c2scnc12. The summed E-state index contributed by atoms with van der Waals surface area (Å²) in [5.74, 6) is 0.549. The van der Waals surface area contributed by atoms with Crippen LogP contribution in [0.25, 0.3) is 21.5 Å². The van der Waals surface area contributed by atoms with Gasteiger partial charge >= 0.3 is 0 Å². The highest BCUT2D eigenvalue weighted by molar-refractivity contribution is 7.17. The van der Waals surface area contributed by atoms with Crippen LogP contribution in [0, 0.1) is 0 Å². The van der Waals surface area contributed by atoms with Gasteiger partial charge in [0, 0.05) is 48.5 Å². The summed E-state index contributed by atoms with van der Waals surface area (Å²) >= 11 is 1.55. The number of rotatable bonds is 6. The minimum atomic E-state index is 0.0128. The minimum Gasteiger partial charge on any atom is -0.473 e. The number of piperidine rings is 1. The zero-order valence-corrected chi connectivity index (χ0v) is 19.2. The van der Waals surface area contributed by atoms with E-state index in [1.807, 2.05) is 29.8 Å². The number of aromatic nitrogens is 3. The maximum absolute atomic E-state index is 6.21. The lowest BCUT2D eigenvalue weighted by Crippen LogP contribution is -2.60. The van der Waals surface area contributed by atoms with Crippen LogP contribution in [-0.4, -0.2) is 39.1 Å². The van der Waals surface area contributed by atoms with Crippen LogP contribution < -0.4 is 15.1 Å². The Morgan fingerprint density at radius 3 is 2.52 bits per heavy atom. The van der Waals surface area contributed by atoms with E-state index in [1.165, 1.54) is 0 Å². The molecule has 1 N–H and O–H groups in total. The van der Waals surface area contributed by atoms with Gasteiger partial charge in [-0.05, 0) is 45.9 Å². The zero-order chi connectivity index (χ0) is 22.2. The highest BCUT2D eigenvalue weighted by Crippen LogP contribution is 2.37. The van der Waals surface area contributed by atoms with E-state index in [0.717, 1.165) is 40.0 Å². The van der Waals surface area contributed by atoms with Crippen LogP contribution in [0.5, 0.6) is 5.88 Å². The van der Waals surface area contributed by atoms with Crippen molar-refractivity contribution in [3.8, 4) is 17.1 Å². The molecule has 7 nitrogen and oxygen atoms in total. The lowest BCUT2D eigenvalue weighted by Gasteiger charge is -2.46. The summed E-state index contributed by atoms with van der Waals surface area (Å²) in [5.41, 5.74) is 5.24. The van der Waals surface area contributed by atoms with E-state index < -0.39 is 0 Å². The molecule has 3 heterocycles. The summed E-state index contributed by atoms with van der Waals surface area (Å²) in [6.45, 7) is 16.2. The molecule has 1 aliphatic rings. The molecule has 2 aromatic heterocycles. The van der Waals surface area contributed by atoms with Crippen LogP contribution in [0.1, 0.15) is 40.5 Å². The summed E-state index contributed by atoms with van der Waals surface area (Å²) in [4.78, 5) is 4.51. The standard InChI is InChI=1S/C23H28N6OS/c1-7-29(24-6)18-10-8-16(21-20(18)25-14-31-21)17-9-11-19(27-26-17)30-15-12-22(2,3)28-23(4,5)13-15/h7-11,14-15,28H,1,6,12-13H2,2-5H3. The molecule has 0 saturated carbocycles. The van der Waals surface area contributed by atoms with Crippen molar-refractivity contribution in [1.29, 1.82) is 0 Å². The van der Waals surface area contributed by atoms with E-state index in [0.29, 0.717) is 5.88 Å². The Morgan fingerprint density at radius 1 is 1.16 bits per heavy atom. The summed E-state index contributed by atoms with van der Waals surface area (Å²) in [6, 6.07) is 7.79. The Labute approximate surface area is 186 Å². The molecule has 0 atom stereocenters. The predicted octanol–water partition coefficient (Wildman–Crippen LogP) is 5.01. The van der Waals surface area contributed by atoms with E-state index in [-0.39, 0.29) is 17.2 Å². The Balaban J connectivity index is 1.58. The number of thiazole rings is 1. The molecule has 0 amide bonds. The maximum atomic E-state index is 6.21. The van der Waals surface area contributed by atoms with Crippen LogP contribution in [0.2, 0.25) is 0 Å². The van der Waals surface area contributed by atoms with Crippen molar-refractivity contribution in [2.24, 2.45) is 5.10 Å². The van der Waals surface area contributed by atoms with Crippen molar-refractivity contribution < 1.29 is 4.74 Å². The van der Waals surface area contributed by atoms with Gasteiger partial charge in [0.2, 0.25) is 5.88 Å². The molecule has 0 unspecified atom stereocenters. The quantitative estimate of drug-likeness (QED) is 0.433. The lowest BCUT2D eigenvalue weighted by atomic mass is 9.81. The van der Waals surface area contributed by atoms with Crippen molar-refractivity contribution in [1.82, 2.24) is 20.5 Å². The van der Waals surface area contributed by atoms with Crippen LogP contribution >= 0.6 is 11.3 Å². The maximum Gasteiger partial charge on any atom is 0.233 e. The number of nitrogens with zero attached hydrogens (tertiary/aromatic N) is 5. The first-order valence-electron chi connectivity index (χ1n) is 10.3. The third-order valence-electron chi connectivity index (χ3n) is 5.39. The molecule has 31 heavy (non-hydrogen) atoms. The average Bonchev–Trinajstić information content (AvgIpc) is 3.17. The first-order valence-corrected chi connectivity index (χ1v) is 11.1. The van der Waals surface area contributed by atoms with E-state index in [2.05, 4.69) is 66.6 Å². The smallest absolute Gasteiger partial charge is 0.233 e. The Morgan fingerprint density at radius 2 is 1.90 bits per heavy atom. The largest absolute Gasteiger partial charge is 0.473 e. The molecule has 0 bridgehead atoms. The minimum absolute atomic E-state index is 0.0128. The molecule has 0 spiro atoms. The summed E-state index contributed by atoms with van der Waals surface area (Å²) in [5, 5.41) is 18.1. The first-order chi connectivity index (χ1) is 14.7. The van der Waals surface area contributed by atoms with Crippen molar-refractivity contribution >= 4 is 34.0 Å². The monoisotopic (exact) mass is 436 g/mol. The number of hydrogen-bond donors (Lipinski definition) is 1. The van der Waals surface area contributed by atoms with Crippen LogP contribution in [0.15, 0.2) is 47.7 Å². The molecule has 1 aromatic carbocycles. The number of hydrogen-bond acceptors (Lipinski definition) is 8. The fourth-order valence-corrected chi connectivity index (χ4v) is 5.40. The van der Waals surface area contributed by atoms with Crippen LogP contribution in [0.4, 0.5) is 5.69 Å². The van der Waals surface area contributed by atoms with Gasteiger partial charge in [0.25, 0.3) is 0 Å². The van der Waals surface area contributed by atoms with Crippen LogP contribution in [-0.2, 0) is 0 Å². The van der Waals surface area contributed by atoms with Crippen molar-refractivity contribution in [3.05, 3.63) is 42.6 Å². The molecule has 0 radical (unpaired) electrons. The summed E-state index contributed by atoms with van der Waals surface area (Å²) in [7, 11) is 0. The van der Waals surface area contributed by atoms with Gasteiger partial charge in [0.15, 0.2) is 0 Å². The number of hydrazone groups is 1. The first kappa shape index (κ1) is 21.4. The summed E-state index contributed by atoms with van der Waals surface area (Å²) < 4.78 is 7.22. The molecule has 3 aromatic rings. The highest BCUT2D eigenvalue weighted by Gasteiger charge is 2.38. The predicted molar refractivity (Wildman–Crippen MR) is 128 cm³/mol. The number of nitrogens with one attached hydrogen (secondary N) is 1. The Bertz CT molecular complexity index is 1080. The van der Waals surface area contributed by atoms with Crippen molar-refractivity contribution in [3.63, 3.8) is 0 Å². The number of fused-ring (bicyclic) bond motifs is 1. The Hall–Kier alpha value is -2.84. The van der Waals surface area contributed by atoms with E-state index in [4.69, 9.17) is 4.74 Å². The van der Waals surface area contributed by atoms with Gasteiger partial charge in [0.05, 0.1) is 21.6 Å². The fraction of sp³-hybridized carbons (Fsp3) is 0.391.